The van der Waals surface area contributed by atoms with Crippen LogP contribution in [0, 0.1) is 0 Å². The van der Waals surface area contributed by atoms with Crippen LogP contribution >= 0.6 is 24.0 Å². The van der Waals surface area contributed by atoms with Crippen molar-refractivity contribution >= 4 is 35.8 Å². The molecule has 3 N–H and O–H groups in total. The van der Waals surface area contributed by atoms with E-state index in [1.807, 2.05) is 13.8 Å². The minimum Gasteiger partial charge on any atom is -0.490 e. The molecule has 0 atom stereocenters. The molecule has 10 heteroatoms. The van der Waals surface area contributed by atoms with Crippen molar-refractivity contribution in [2.75, 3.05) is 26.2 Å². The quantitative estimate of drug-likeness (QED) is 0.261. The summed E-state index contributed by atoms with van der Waals surface area (Å²) in [5.41, 5.74) is 0.450. The third-order valence-electron chi connectivity index (χ3n) is 3.11. The maximum absolute atomic E-state index is 12.7. The van der Waals surface area contributed by atoms with Gasteiger partial charge >= 0.3 is 6.61 Å². The fraction of sp³-hybridized carbons (Fsp3) is 0.529. The molecule has 1 rings (SSSR count). The van der Waals surface area contributed by atoms with Gasteiger partial charge in [0.15, 0.2) is 17.5 Å². The van der Waals surface area contributed by atoms with E-state index in [1.165, 1.54) is 0 Å². The van der Waals surface area contributed by atoms with Crippen molar-refractivity contribution in [2.24, 2.45) is 4.99 Å². The molecule has 1 aromatic carbocycles. The van der Waals surface area contributed by atoms with E-state index in [0.717, 1.165) is 0 Å². The number of carbonyl (C=O) groups is 1. The van der Waals surface area contributed by atoms with Crippen LogP contribution in [0.15, 0.2) is 23.2 Å². The second-order valence-corrected chi connectivity index (χ2v) is 5.06. The number of amides is 1. The number of carbonyl (C=O) groups excluding carboxylic acids is 1. The first kappa shape index (κ1) is 25.1. The number of nitrogens with one attached hydrogen (secondary N) is 3. The van der Waals surface area contributed by atoms with E-state index < -0.39 is 6.61 Å². The molecule has 7 nitrogen and oxygen atoms in total. The van der Waals surface area contributed by atoms with Crippen LogP contribution in [0.5, 0.6) is 11.5 Å². The minimum atomic E-state index is -2.97. The summed E-state index contributed by atoms with van der Waals surface area (Å²) in [4.78, 5) is 15.9. The number of ether oxygens (including phenoxy) is 2. The number of para-hydroxylation sites is 1. The number of rotatable bonds is 10. The molecule has 27 heavy (non-hydrogen) atoms. The van der Waals surface area contributed by atoms with Crippen LogP contribution in [-0.2, 0) is 11.3 Å². The fourth-order valence-corrected chi connectivity index (χ4v) is 2.11. The lowest BCUT2D eigenvalue weighted by Gasteiger charge is -2.15. The maximum Gasteiger partial charge on any atom is 0.387 e. The van der Waals surface area contributed by atoms with Gasteiger partial charge in [0, 0.05) is 18.7 Å². The molecule has 0 aliphatic rings. The summed E-state index contributed by atoms with van der Waals surface area (Å²) in [6.07, 6.45) is 0. The van der Waals surface area contributed by atoms with E-state index in [2.05, 4.69) is 25.7 Å². The third kappa shape index (κ3) is 9.59. The van der Waals surface area contributed by atoms with Gasteiger partial charge in [0.2, 0.25) is 5.91 Å². The van der Waals surface area contributed by atoms with Gasteiger partial charge in [-0.3, -0.25) is 4.79 Å². The zero-order chi connectivity index (χ0) is 19.4. The van der Waals surface area contributed by atoms with Crippen molar-refractivity contribution in [2.45, 2.75) is 33.9 Å². The molecular formula is C17H27F2IN4O3. The van der Waals surface area contributed by atoms with Crippen LogP contribution in [0.1, 0.15) is 26.3 Å². The van der Waals surface area contributed by atoms with Gasteiger partial charge in [-0.2, -0.15) is 8.78 Å². The predicted octanol–water partition coefficient (Wildman–Crippen LogP) is 2.50. The number of aliphatic imine (C=N–C) groups is 1. The zero-order valence-electron chi connectivity index (χ0n) is 15.7. The Hall–Kier alpha value is -1.85. The molecule has 0 spiro atoms. The Kier molecular flexibility index (Phi) is 13.3. The van der Waals surface area contributed by atoms with Crippen molar-refractivity contribution in [3.8, 4) is 11.5 Å². The average molecular weight is 500 g/mol. The summed E-state index contributed by atoms with van der Waals surface area (Å²) in [5, 5.41) is 8.54. The molecule has 0 bridgehead atoms. The van der Waals surface area contributed by atoms with Gasteiger partial charge in [0.05, 0.1) is 19.7 Å². The summed E-state index contributed by atoms with van der Waals surface area (Å²) in [7, 11) is 0. The molecule has 0 fully saturated rings. The van der Waals surface area contributed by atoms with Crippen LogP contribution in [0.2, 0.25) is 0 Å². The summed E-state index contributed by atoms with van der Waals surface area (Å²) in [5.74, 6) is 0.426. The zero-order valence-corrected chi connectivity index (χ0v) is 18.0. The standard InChI is InChI=1S/C17H26F2N4O3.HI/c1-4-20-14(24)11-23-17(21-5-2)22-10-12-8-7-9-13(25-6-3)15(12)26-16(18)19;/h7-9,16H,4-6,10-11H2,1-3H3,(H,20,24)(H2,21,22,23);1H. The Morgan fingerprint density at radius 3 is 2.44 bits per heavy atom. The molecular weight excluding hydrogens is 473 g/mol. The van der Waals surface area contributed by atoms with Crippen LogP contribution in [0.4, 0.5) is 8.78 Å². The maximum atomic E-state index is 12.7. The first-order valence-electron chi connectivity index (χ1n) is 8.50. The van der Waals surface area contributed by atoms with Gasteiger partial charge in [-0.25, -0.2) is 4.99 Å². The van der Waals surface area contributed by atoms with Crippen molar-refractivity contribution in [3.63, 3.8) is 0 Å². The number of hydrogen-bond donors (Lipinski definition) is 3. The molecule has 0 radical (unpaired) electrons. The lowest BCUT2D eigenvalue weighted by Crippen LogP contribution is -2.43. The fourth-order valence-electron chi connectivity index (χ4n) is 2.11. The number of halogens is 3. The monoisotopic (exact) mass is 500 g/mol. The average Bonchev–Trinajstić information content (AvgIpc) is 2.59. The Bertz CT molecular complexity index is 604. The third-order valence-corrected chi connectivity index (χ3v) is 3.11. The molecule has 1 amide bonds. The van der Waals surface area contributed by atoms with Gasteiger partial charge < -0.3 is 25.4 Å². The Labute approximate surface area is 175 Å². The highest BCUT2D eigenvalue weighted by Crippen LogP contribution is 2.33. The van der Waals surface area contributed by atoms with E-state index >= 15 is 0 Å². The van der Waals surface area contributed by atoms with Gasteiger partial charge in [-0.15, -0.1) is 24.0 Å². The highest BCUT2D eigenvalue weighted by Gasteiger charge is 2.15. The normalized spacial score (nSPS) is 10.8. The summed E-state index contributed by atoms with van der Waals surface area (Å²) in [6, 6.07) is 4.88. The number of guanidine groups is 1. The Morgan fingerprint density at radius 2 is 1.85 bits per heavy atom. The first-order valence-corrected chi connectivity index (χ1v) is 8.50. The number of hydrogen-bond acceptors (Lipinski definition) is 4. The van der Waals surface area contributed by atoms with E-state index in [9.17, 15) is 13.6 Å². The molecule has 0 aliphatic heterocycles. The highest BCUT2D eigenvalue weighted by atomic mass is 127. The molecule has 0 saturated carbocycles. The lowest BCUT2D eigenvalue weighted by atomic mass is 10.2. The Balaban J connectivity index is 0.00000676. The molecule has 0 aromatic heterocycles. The van der Waals surface area contributed by atoms with E-state index in [0.29, 0.717) is 31.2 Å². The lowest BCUT2D eigenvalue weighted by molar-refractivity contribution is -0.119. The predicted molar refractivity (Wildman–Crippen MR) is 111 cm³/mol. The number of likely N-dealkylation sites (N-methyl/N-ethyl adjacent to an activating group) is 1. The molecule has 0 heterocycles. The van der Waals surface area contributed by atoms with Gasteiger partial charge in [-0.1, -0.05) is 12.1 Å². The van der Waals surface area contributed by atoms with Crippen molar-refractivity contribution in [1.29, 1.82) is 0 Å². The molecule has 0 saturated heterocycles. The molecule has 154 valence electrons. The van der Waals surface area contributed by atoms with Crippen molar-refractivity contribution in [1.82, 2.24) is 16.0 Å². The second kappa shape index (κ2) is 14.2. The highest BCUT2D eigenvalue weighted by molar-refractivity contribution is 14.0. The second-order valence-electron chi connectivity index (χ2n) is 5.06. The van der Waals surface area contributed by atoms with E-state index in [-0.39, 0.29) is 54.5 Å². The van der Waals surface area contributed by atoms with Gasteiger partial charge in [0.25, 0.3) is 0 Å². The van der Waals surface area contributed by atoms with Crippen LogP contribution in [0.25, 0.3) is 0 Å². The van der Waals surface area contributed by atoms with Crippen molar-refractivity contribution < 1.29 is 23.0 Å². The number of alkyl halides is 2. The minimum absolute atomic E-state index is 0. The largest absolute Gasteiger partial charge is 0.490 e. The van der Waals surface area contributed by atoms with Gasteiger partial charge in [-0.05, 0) is 26.8 Å². The molecule has 1 aromatic rings. The van der Waals surface area contributed by atoms with Crippen LogP contribution in [0.3, 0.4) is 0 Å². The molecule has 0 unspecified atom stereocenters. The van der Waals surface area contributed by atoms with Crippen molar-refractivity contribution in [3.05, 3.63) is 23.8 Å². The van der Waals surface area contributed by atoms with Gasteiger partial charge in [0.1, 0.15) is 0 Å². The van der Waals surface area contributed by atoms with Crippen LogP contribution in [-0.4, -0.2) is 44.7 Å². The smallest absolute Gasteiger partial charge is 0.387 e. The van der Waals surface area contributed by atoms with Crippen LogP contribution < -0.4 is 25.4 Å². The Morgan fingerprint density at radius 1 is 1.15 bits per heavy atom. The topological polar surface area (TPSA) is 84.0 Å². The number of benzene rings is 1. The molecule has 0 aliphatic carbocycles. The summed E-state index contributed by atoms with van der Waals surface area (Å²) >= 11 is 0. The first-order chi connectivity index (χ1) is 12.5. The SMILES string of the molecule is CCNC(=O)CNC(=NCc1cccc(OCC)c1OC(F)F)NCC.I. The number of nitrogens with zero attached hydrogens (tertiary/aromatic N) is 1. The van der Waals surface area contributed by atoms with E-state index in [4.69, 9.17) is 4.74 Å². The summed E-state index contributed by atoms with van der Waals surface area (Å²) < 4.78 is 35.4. The summed E-state index contributed by atoms with van der Waals surface area (Å²) in [6.45, 7) is 4.06. The van der Waals surface area contributed by atoms with E-state index in [1.54, 1.807) is 25.1 Å².